The third-order valence-corrected chi connectivity index (χ3v) is 4.54. The number of rotatable bonds is 5. The molecule has 0 saturated carbocycles. The van der Waals surface area contributed by atoms with Gasteiger partial charge in [-0.05, 0) is 44.6 Å². The Bertz CT molecular complexity index is 516. The summed E-state index contributed by atoms with van der Waals surface area (Å²) in [6.45, 7) is 12.3. The van der Waals surface area contributed by atoms with Crippen LogP contribution in [0.4, 0.5) is 0 Å². The minimum absolute atomic E-state index is 0.290. The lowest BCUT2D eigenvalue weighted by molar-refractivity contribution is -0.119. The van der Waals surface area contributed by atoms with Crippen molar-refractivity contribution >= 4 is 18.4 Å². The first kappa shape index (κ1) is 17.2. The number of ketones is 1. The van der Waals surface area contributed by atoms with Crippen LogP contribution in [0.1, 0.15) is 53.5 Å². The van der Waals surface area contributed by atoms with E-state index in [9.17, 15) is 4.79 Å². The number of Topliss-reactive ketones (excluding diaryl/α,β-unsaturated/α-hetero) is 1. The number of carbonyl (C=O) groups excluding carboxylic acids is 1. The Morgan fingerprint density at radius 3 is 2.00 bits per heavy atom. The summed E-state index contributed by atoms with van der Waals surface area (Å²) >= 11 is 0. The van der Waals surface area contributed by atoms with E-state index in [0.717, 1.165) is 11.0 Å². The molecule has 3 nitrogen and oxygen atoms in total. The maximum Gasteiger partial charge on any atom is 0.494 e. The van der Waals surface area contributed by atoms with E-state index in [1.165, 1.54) is 0 Å². The molecule has 0 amide bonds. The Morgan fingerprint density at radius 2 is 1.55 bits per heavy atom. The number of hydrogen-bond donors (Lipinski definition) is 0. The average molecular weight is 302 g/mol. The highest BCUT2D eigenvalue weighted by atomic mass is 16.7. The maximum absolute atomic E-state index is 11.9. The van der Waals surface area contributed by atoms with Crippen LogP contribution in [0.2, 0.25) is 0 Å². The quantitative estimate of drug-likeness (QED) is 0.784. The molecule has 0 radical (unpaired) electrons. The van der Waals surface area contributed by atoms with Gasteiger partial charge in [-0.1, -0.05) is 38.1 Å². The van der Waals surface area contributed by atoms with Gasteiger partial charge in [0.25, 0.3) is 0 Å². The van der Waals surface area contributed by atoms with Crippen LogP contribution in [0.15, 0.2) is 24.3 Å². The van der Waals surface area contributed by atoms with Crippen LogP contribution in [0, 0.1) is 5.92 Å². The van der Waals surface area contributed by atoms with Gasteiger partial charge in [0, 0.05) is 12.8 Å². The summed E-state index contributed by atoms with van der Waals surface area (Å²) in [6.07, 6.45) is 1.14. The van der Waals surface area contributed by atoms with Crippen LogP contribution < -0.4 is 5.46 Å². The molecule has 1 heterocycles. The highest BCUT2D eigenvalue weighted by Gasteiger charge is 2.51. The van der Waals surface area contributed by atoms with Crippen molar-refractivity contribution in [1.29, 1.82) is 0 Å². The van der Waals surface area contributed by atoms with Crippen molar-refractivity contribution < 1.29 is 14.1 Å². The first-order valence-corrected chi connectivity index (χ1v) is 8.07. The minimum Gasteiger partial charge on any atom is -0.399 e. The number of hydrogen-bond acceptors (Lipinski definition) is 3. The molecule has 22 heavy (non-hydrogen) atoms. The van der Waals surface area contributed by atoms with E-state index in [4.69, 9.17) is 9.31 Å². The third-order valence-electron chi connectivity index (χ3n) is 4.54. The monoisotopic (exact) mass is 302 g/mol. The summed E-state index contributed by atoms with van der Waals surface area (Å²) in [5.74, 6) is 0.704. The van der Waals surface area contributed by atoms with Gasteiger partial charge in [0.15, 0.2) is 0 Å². The fourth-order valence-corrected chi connectivity index (χ4v) is 2.53. The first-order valence-electron chi connectivity index (χ1n) is 8.07. The molecule has 1 aliphatic rings. The molecular weight excluding hydrogens is 275 g/mol. The van der Waals surface area contributed by atoms with Gasteiger partial charge in [-0.2, -0.15) is 0 Å². The molecule has 0 unspecified atom stereocenters. The van der Waals surface area contributed by atoms with E-state index in [1.54, 1.807) is 0 Å². The van der Waals surface area contributed by atoms with E-state index in [-0.39, 0.29) is 18.3 Å². The van der Waals surface area contributed by atoms with Gasteiger partial charge in [0.2, 0.25) is 0 Å². The summed E-state index contributed by atoms with van der Waals surface area (Å²) in [5.41, 5.74) is 1.39. The smallest absolute Gasteiger partial charge is 0.399 e. The first-order chi connectivity index (χ1) is 10.1. The number of carbonyl (C=O) groups is 1. The van der Waals surface area contributed by atoms with Crippen molar-refractivity contribution in [2.45, 2.75) is 65.6 Å². The van der Waals surface area contributed by atoms with Gasteiger partial charge in [0.05, 0.1) is 11.2 Å². The predicted octanol–water partition coefficient (Wildman–Crippen LogP) is 3.14. The van der Waals surface area contributed by atoms with Gasteiger partial charge in [-0.3, -0.25) is 4.79 Å². The van der Waals surface area contributed by atoms with Crippen molar-refractivity contribution in [2.24, 2.45) is 5.92 Å². The molecule has 0 atom stereocenters. The molecule has 2 rings (SSSR count). The Morgan fingerprint density at radius 1 is 1.05 bits per heavy atom. The largest absolute Gasteiger partial charge is 0.494 e. The van der Waals surface area contributed by atoms with Crippen molar-refractivity contribution in [3.05, 3.63) is 29.8 Å². The Balaban J connectivity index is 2.03. The summed E-state index contributed by atoms with van der Waals surface area (Å²) in [5, 5.41) is 0. The molecule has 0 aliphatic carbocycles. The topological polar surface area (TPSA) is 35.5 Å². The molecule has 0 spiro atoms. The second-order valence-electron chi connectivity index (χ2n) is 7.64. The summed E-state index contributed by atoms with van der Waals surface area (Å²) < 4.78 is 12.1. The van der Waals surface area contributed by atoms with Crippen LogP contribution in [-0.2, 0) is 20.5 Å². The van der Waals surface area contributed by atoms with Crippen molar-refractivity contribution in [3.8, 4) is 0 Å². The van der Waals surface area contributed by atoms with Crippen LogP contribution in [0.5, 0.6) is 0 Å². The lowest BCUT2D eigenvalue weighted by Crippen LogP contribution is -2.41. The molecule has 1 saturated heterocycles. The summed E-state index contributed by atoms with van der Waals surface area (Å²) in [4.78, 5) is 11.9. The summed E-state index contributed by atoms with van der Waals surface area (Å²) in [7, 11) is -0.342. The van der Waals surface area contributed by atoms with Gasteiger partial charge < -0.3 is 9.31 Å². The van der Waals surface area contributed by atoms with E-state index in [0.29, 0.717) is 24.5 Å². The molecule has 1 aromatic rings. The molecule has 0 N–H and O–H groups in total. The molecule has 1 aromatic carbocycles. The second-order valence-corrected chi connectivity index (χ2v) is 7.64. The van der Waals surface area contributed by atoms with E-state index < -0.39 is 0 Å². The van der Waals surface area contributed by atoms with Crippen molar-refractivity contribution in [3.63, 3.8) is 0 Å². The van der Waals surface area contributed by atoms with Crippen LogP contribution >= 0.6 is 0 Å². The predicted molar refractivity (Wildman–Crippen MR) is 90.3 cm³/mol. The molecule has 0 aromatic heterocycles. The standard InChI is InChI=1S/C18H27BO3/c1-13(2)11-16(20)12-14-7-9-15(10-8-14)19-21-17(3,4)18(5,6)22-19/h7-10,13H,11-12H2,1-6H3. The average Bonchev–Trinajstić information content (AvgIpc) is 2.58. The normalized spacial score (nSPS) is 19.7. The van der Waals surface area contributed by atoms with E-state index >= 15 is 0 Å². The Kier molecular flexibility index (Phi) is 4.83. The molecule has 4 heteroatoms. The van der Waals surface area contributed by atoms with Gasteiger partial charge in [-0.15, -0.1) is 0 Å². The zero-order valence-electron chi connectivity index (χ0n) is 14.6. The molecule has 120 valence electrons. The lowest BCUT2D eigenvalue weighted by Gasteiger charge is -2.32. The van der Waals surface area contributed by atoms with Crippen LogP contribution in [0.25, 0.3) is 0 Å². The fraction of sp³-hybridized carbons (Fsp3) is 0.611. The molecule has 1 fully saturated rings. The van der Waals surface area contributed by atoms with Crippen molar-refractivity contribution in [1.82, 2.24) is 0 Å². The highest BCUT2D eigenvalue weighted by molar-refractivity contribution is 6.62. The second kappa shape index (κ2) is 6.17. The fourth-order valence-electron chi connectivity index (χ4n) is 2.53. The van der Waals surface area contributed by atoms with Crippen LogP contribution in [-0.4, -0.2) is 24.1 Å². The summed E-state index contributed by atoms with van der Waals surface area (Å²) in [6, 6.07) is 8.00. The highest BCUT2D eigenvalue weighted by Crippen LogP contribution is 2.36. The number of benzene rings is 1. The van der Waals surface area contributed by atoms with Gasteiger partial charge >= 0.3 is 7.12 Å². The molecular formula is C18H27BO3. The molecule has 1 aliphatic heterocycles. The molecule has 0 bridgehead atoms. The van der Waals surface area contributed by atoms with E-state index in [1.807, 2.05) is 52.0 Å². The van der Waals surface area contributed by atoms with Crippen LogP contribution in [0.3, 0.4) is 0 Å². The zero-order chi connectivity index (χ0) is 16.5. The zero-order valence-corrected chi connectivity index (χ0v) is 14.6. The minimum atomic E-state index is -0.342. The third kappa shape index (κ3) is 3.79. The SMILES string of the molecule is CC(C)CC(=O)Cc1ccc(B2OC(C)(C)C(C)(C)O2)cc1. The Hall–Kier alpha value is -1.13. The van der Waals surface area contributed by atoms with E-state index in [2.05, 4.69) is 13.8 Å². The van der Waals surface area contributed by atoms with Crippen molar-refractivity contribution in [2.75, 3.05) is 0 Å². The van der Waals surface area contributed by atoms with Gasteiger partial charge in [0.1, 0.15) is 5.78 Å². The Labute approximate surface area is 134 Å². The maximum atomic E-state index is 11.9. The van der Waals surface area contributed by atoms with Gasteiger partial charge in [-0.25, -0.2) is 0 Å². The lowest BCUT2D eigenvalue weighted by atomic mass is 9.78.